The summed E-state index contributed by atoms with van der Waals surface area (Å²) >= 11 is 12.1. The SMILES string of the molecule is CC(N[C@H](C)CCO)c1cccc(Cl)c1Cl. The van der Waals surface area contributed by atoms with E-state index in [0.29, 0.717) is 10.0 Å². The van der Waals surface area contributed by atoms with Gasteiger partial charge in [-0.1, -0.05) is 35.3 Å². The van der Waals surface area contributed by atoms with Crippen LogP contribution in [-0.4, -0.2) is 17.8 Å². The van der Waals surface area contributed by atoms with E-state index in [1.165, 1.54) is 0 Å². The highest BCUT2D eigenvalue weighted by Gasteiger charge is 2.13. The van der Waals surface area contributed by atoms with Gasteiger partial charge in [-0.3, -0.25) is 0 Å². The third kappa shape index (κ3) is 3.63. The maximum atomic E-state index is 8.83. The van der Waals surface area contributed by atoms with Crippen LogP contribution in [0.2, 0.25) is 10.0 Å². The van der Waals surface area contributed by atoms with Crippen LogP contribution in [0.5, 0.6) is 0 Å². The maximum Gasteiger partial charge on any atom is 0.0639 e. The zero-order valence-electron chi connectivity index (χ0n) is 9.50. The molecule has 0 fully saturated rings. The highest BCUT2D eigenvalue weighted by Crippen LogP contribution is 2.29. The Hall–Kier alpha value is -0.280. The third-order valence-corrected chi connectivity index (χ3v) is 3.38. The molecule has 0 saturated heterocycles. The van der Waals surface area contributed by atoms with E-state index < -0.39 is 0 Å². The molecule has 2 nitrogen and oxygen atoms in total. The van der Waals surface area contributed by atoms with Crippen LogP contribution in [0.25, 0.3) is 0 Å². The topological polar surface area (TPSA) is 32.3 Å². The molecule has 1 rings (SSSR count). The molecule has 0 saturated carbocycles. The first-order chi connectivity index (χ1) is 7.56. The van der Waals surface area contributed by atoms with Gasteiger partial charge in [0.05, 0.1) is 10.0 Å². The van der Waals surface area contributed by atoms with Crippen molar-refractivity contribution in [2.75, 3.05) is 6.61 Å². The lowest BCUT2D eigenvalue weighted by molar-refractivity contribution is 0.264. The number of hydrogen-bond donors (Lipinski definition) is 2. The summed E-state index contributed by atoms with van der Waals surface area (Å²) in [4.78, 5) is 0. The standard InChI is InChI=1S/C12H17Cl2NO/c1-8(6-7-16)15-9(2)10-4-3-5-11(13)12(10)14/h3-5,8-9,15-16H,6-7H2,1-2H3/t8-,9?/m1/s1. The summed E-state index contributed by atoms with van der Waals surface area (Å²) in [5, 5.41) is 13.4. The van der Waals surface area contributed by atoms with Crippen molar-refractivity contribution in [3.63, 3.8) is 0 Å². The van der Waals surface area contributed by atoms with Crippen molar-refractivity contribution in [2.24, 2.45) is 0 Å². The second-order valence-corrected chi connectivity index (χ2v) is 4.73. The minimum atomic E-state index is 0.118. The molecule has 0 bridgehead atoms. The lowest BCUT2D eigenvalue weighted by Gasteiger charge is -2.21. The molecule has 0 amide bonds. The Morgan fingerprint density at radius 3 is 2.62 bits per heavy atom. The van der Waals surface area contributed by atoms with E-state index in [-0.39, 0.29) is 18.7 Å². The second kappa shape index (κ2) is 6.45. The fourth-order valence-corrected chi connectivity index (χ4v) is 2.12. The minimum Gasteiger partial charge on any atom is -0.396 e. The summed E-state index contributed by atoms with van der Waals surface area (Å²) in [5.74, 6) is 0. The molecule has 0 aliphatic heterocycles. The summed E-state index contributed by atoms with van der Waals surface area (Å²) in [6.45, 7) is 4.25. The van der Waals surface area contributed by atoms with E-state index in [1.807, 2.05) is 26.0 Å². The lowest BCUT2D eigenvalue weighted by Crippen LogP contribution is -2.29. The predicted octanol–water partition coefficient (Wildman–Crippen LogP) is 3.41. The van der Waals surface area contributed by atoms with Gasteiger partial charge in [-0.15, -0.1) is 0 Å². The van der Waals surface area contributed by atoms with Crippen LogP contribution in [0.15, 0.2) is 18.2 Å². The first-order valence-corrected chi connectivity index (χ1v) is 6.12. The lowest BCUT2D eigenvalue weighted by atomic mass is 10.1. The number of aliphatic hydroxyl groups excluding tert-OH is 1. The number of hydrogen-bond acceptors (Lipinski definition) is 2. The molecule has 0 spiro atoms. The highest BCUT2D eigenvalue weighted by atomic mass is 35.5. The zero-order chi connectivity index (χ0) is 12.1. The smallest absolute Gasteiger partial charge is 0.0639 e. The molecule has 0 aromatic heterocycles. The van der Waals surface area contributed by atoms with Crippen molar-refractivity contribution < 1.29 is 5.11 Å². The molecular formula is C12H17Cl2NO. The number of benzene rings is 1. The van der Waals surface area contributed by atoms with Crippen molar-refractivity contribution in [1.82, 2.24) is 5.32 Å². The summed E-state index contributed by atoms with van der Waals surface area (Å²) in [6.07, 6.45) is 0.725. The molecule has 0 heterocycles. The summed E-state index contributed by atoms with van der Waals surface area (Å²) in [6, 6.07) is 5.98. The second-order valence-electron chi connectivity index (χ2n) is 3.94. The molecule has 0 aliphatic rings. The van der Waals surface area contributed by atoms with Crippen molar-refractivity contribution in [2.45, 2.75) is 32.4 Å². The molecule has 90 valence electrons. The Labute approximate surface area is 107 Å². The number of nitrogens with one attached hydrogen (secondary N) is 1. The predicted molar refractivity (Wildman–Crippen MR) is 69.2 cm³/mol. The molecule has 2 N–H and O–H groups in total. The molecule has 4 heteroatoms. The molecule has 16 heavy (non-hydrogen) atoms. The van der Waals surface area contributed by atoms with Crippen LogP contribution in [-0.2, 0) is 0 Å². The molecular weight excluding hydrogens is 245 g/mol. The normalized spacial score (nSPS) is 14.8. The van der Waals surface area contributed by atoms with Gasteiger partial charge < -0.3 is 10.4 Å². The summed E-state index contributed by atoms with van der Waals surface area (Å²) < 4.78 is 0. The van der Waals surface area contributed by atoms with Gasteiger partial charge in [-0.25, -0.2) is 0 Å². The first kappa shape index (κ1) is 13.8. The summed E-state index contributed by atoms with van der Waals surface area (Å²) in [7, 11) is 0. The molecule has 0 aliphatic carbocycles. The van der Waals surface area contributed by atoms with E-state index in [9.17, 15) is 0 Å². The van der Waals surface area contributed by atoms with Crippen LogP contribution in [0.3, 0.4) is 0 Å². The van der Waals surface area contributed by atoms with Gasteiger partial charge in [0, 0.05) is 18.7 Å². The number of rotatable bonds is 5. The largest absolute Gasteiger partial charge is 0.396 e. The van der Waals surface area contributed by atoms with Gasteiger partial charge in [-0.05, 0) is 31.9 Å². The zero-order valence-corrected chi connectivity index (χ0v) is 11.0. The van der Waals surface area contributed by atoms with Gasteiger partial charge in [0.15, 0.2) is 0 Å². The van der Waals surface area contributed by atoms with E-state index in [1.54, 1.807) is 6.07 Å². The van der Waals surface area contributed by atoms with E-state index >= 15 is 0 Å². The molecule has 0 radical (unpaired) electrons. The van der Waals surface area contributed by atoms with Crippen molar-refractivity contribution in [3.05, 3.63) is 33.8 Å². The minimum absolute atomic E-state index is 0.118. The maximum absolute atomic E-state index is 8.83. The summed E-state index contributed by atoms with van der Waals surface area (Å²) in [5.41, 5.74) is 0.985. The quantitative estimate of drug-likeness (QED) is 0.852. The van der Waals surface area contributed by atoms with Gasteiger partial charge in [0.2, 0.25) is 0 Å². The molecule has 1 aromatic rings. The van der Waals surface area contributed by atoms with Crippen LogP contribution in [0, 0.1) is 0 Å². The monoisotopic (exact) mass is 261 g/mol. The van der Waals surface area contributed by atoms with Gasteiger partial charge in [-0.2, -0.15) is 0 Å². The van der Waals surface area contributed by atoms with Crippen molar-refractivity contribution in [1.29, 1.82) is 0 Å². The molecule has 1 aromatic carbocycles. The van der Waals surface area contributed by atoms with Gasteiger partial charge >= 0.3 is 0 Å². The van der Waals surface area contributed by atoms with Crippen LogP contribution >= 0.6 is 23.2 Å². The number of aliphatic hydroxyl groups is 1. The Morgan fingerprint density at radius 2 is 2.00 bits per heavy atom. The van der Waals surface area contributed by atoms with Crippen LogP contribution in [0.4, 0.5) is 0 Å². The van der Waals surface area contributed by atoms with Crippen molar-refractivity contribution >= 4 is 23.2 Å². The van der Waals surface area contributed by atoms with Crippen LogP contribution in [0.1, 0.15) is 31.9 Å². The Bertz CT molecular complexity index is 344. The number of halogens is 2. The van der Waals surface area contributed by atoms with E-state index in [2.05, 4.69) is 5.32 Å². The average Bonchev–Trinajstić information content (AvgIpc) is 2.22. The Morgan fingerprint density at radius 1 is 1.31 bits per heavy atom. The van der Waals surface area contributed by atoms with E-state index in [4.69, 9.17) is 28.3 Å². The van der Waals surface area contributed by atoms with E-state index in [0.717, 1.165) is 12.0 Å². The van der Waals surface area contributed by atoms with Gasteiger partial charge in [0.1, 0.15) is 0 Å². The Kier molecular flexibility index (Phi) is 5.56. The Balaban J connectivity index is 2.72. The molecule has 2 atom stereocenters. The third-order valence-electron chi connectivity index (χ3n) is 2.54. The fourth-order valence-electron chi connectivity index (χ4n) is 1.65. The average molecular weight is 262 g/mol. The fraction of sp³-hybridized carbons (Fsp3) is 0.500. The van der Waals surface area contributed by atoms with Crippen LogP contribution < -0.4 is 5.32 Å². The molecule has 1 unspecified atom stereocenters. The first-order valence-electron chi connectivity index (χ1n) is 5.37. The van der Waals surface area contributed by atoms with Gasteiger partial charge in [0.25, 0.3) is 0 Å². The highest BCUT2D eigenvalue weighted by molar-refractivity contribution is 6.42. The van der Waals surface area contributed by atoms with Crippen molar-refractivity contribution in [3.8, 4) is 0 Å².